The fourth-order valence-corrected chi connectivity index (χ4v) is 3.93. The zero-order chi connectivity index (χ0) is 21.4. The Kier molecular flexibility index (Phi) is 5.76. The molecule has 0 aliphatic carbocycles. The lowest BCUT2D eigenvalue weighted by molar-refractivity contribution is 0.590. The van der Waals surface area contributed by atoms with Crippen molar-refractivity contribution in [1.29, 1.82) is 0 Å². The molecule has 1 N–H and O–H groups in total. The minimum absolute atomic E-state index is 0.0239. The molecule has 0 bridgehead atoms. The fraction of sp³-hybridized carbons (Fsp3) is 0.200. The van der Waals surface area contributed by atoms with E-state index in [1.54, 1.807) is 12.1 Å². The lowest BCUT2D eigenvalue weighted by Gasteiger charge is -2.19. The molecule has 6 nitrogen and oxygen atoms in total. The predicted molar refractivity (Wildman–Crippen MR) is 116 cm³/mol. The molecular formula is C20H19Cl2N3O3S. The Labute approximate surface area is 179 Å². The Balaban J connectivity index is 1.85. The number of sulfonamides is 1. The first-order chi connectivity index (χ1) is 13.5. The molecule has 0 amide bonds. The number of benzene rings is 2. The van der Waals surface area contributed by atoms with Crippen LogP contribution in [-0.2, 0) is 15.4 Å². The number of aromatic nitrogens is 2. The van der Waals surface area contributed by atoms with Crippen molar-refractivity contribution >= 4 is 38.9 Å². The van der Waals surface area contributed by atoms with Gasteiger partial charge in [-0.2, -0.15) is 9.78 Å². The van der Waals surface area contributed by atoms with Crippen LogP contribution >= 0.6 is 23.2 Å². The standard InChI is InChI=1S/C20H19Cl2N3O3S/c1-20(2,3)13-4-6-14(7-5-13)24-29(27,28)16-10-8-15(9-11-16)25-19(26)18(22)17(21)12-23-25/h4-12,24H,1-3H3. The second-order valence-electron chi connectivity index (χ2n) is 7.45. The molecule has 0 atom stereocenters. The summed E-state index contributed by atoms with van der Waals surface area (Å²) in [6.45, 7) is 6.26. The molecule has 0 unspecified atom stereocenters. The van der Waals surface area contributed by atoms with Gasteiger partial charge in [0.2, 0.25) is 0 Å². The summed E-state index contributed by atoms with van der Waals surface area (Å²) < 4.78 is 28.9. The highest BCUT2D eigenvalue weighted by Crippen LogP contribution is 2.25. The van der Waals surface area contributed by atoms with Crippen LogP contribution in [0.5, 0.6) is 0 Å². The van der Waals surface area contributed by atoms with Crippen LogP contribution in [0.3, 0.4) is 0 Å². The van der Waals surface area contributed by atoms with E-state index >= 15 is 0 Å². The third kappa shape index (κ3) is 4.63. The Morgan fingerprint density at radius 3 is 2.10 bits per heavy atom. The molecule has 1 heterocycles. The summed E-state index contributed by atoms with van der Waals surface area (Å²) in [6.07, 6.45) is 1.25. The molecule has 0 aliphatic heterocycles. The van der Waals surface area contributed by atoms with E-state index in [2.05, 4.69) is 30.6 Å². The van der Waals surface area contributed by atoms with E-state index in [4.69, 9.17) is 23.2 Å². The van der Waals surface area contributed by atoms with Gasteiger partial charge >= 0.3 is 0 Å². The van der Waals surface area contributed by atoms with E-state index in [0.29, 0.717) is 11.4 Å². The van der Waals surface area contributed by atoms with Gasteiger partial charge in [-0.25, -0.2) is 8.42 Å². The average molecular weight is 452 g/mol. The van der Waals surface area contributed by atoms with Gasteiger partial charge in [-0.05, 0) is 47.4 Å². The maximum atomic E-state index is 12.7. The van der Waals surface area contributed by atoms with E-state index in [-0.39, 0.29) is 20.4 Å². The lowest BCUT2D eigenvalue weighted by Crippen LogP contribution is -2.21. The number of rotatable bonds is 4. The van der Waals surface area contributed by atoms with Gasteiger partial charge in [-0.15, -0.1) is 0 Å². The number of nitrogens with one attached hydrogen (secondary N) is 1. The fourth-order valence-electron chi connectivity index (χ4n) is 2.62. The summed E-state index contributed by atoms with van der Waals surface area (Å²) in [5.41, 5.74) is 1.31. The second-order valence-corrected chi connectivity index (χ2v) is 9.92. The first-order valence-corrected chi connectivity index (χ1v) is 10.9. The average Bonchev–Trinajstić information content (AvgIpc) is 2.66. The van der Waals surface area contributed by atoms with Crippen molar-refractivity contribution in [2.45, 2.75) is 31.1 Å². The van der Waals surface area contributed by atoms with Crippen LogP contribution in [0.15, 0.2) is 64.4 Å². The van der Waals surface area contributed by atoms with Crippen LogP contribution in [-0.4, -0.2) is 18.2 Å². The van der Waals surface area contributed by atoms with Crippen molar-refractivity contribution in [3.63, 3.8) is 0 Å². The molecule has 0 saturated carbocycles. The molecule has 0 aliphatic rings. The largest absolute Gasteiger partial charge is 0.291 e. The number of hydrogen-bond acceptors (Lipinski definition) is 4. The predicted octanol–water partition coefficient (Wildman–Crippen LogP) is 4.64. The molecule has 3 rings (SSSR count). The van der Waals surface area contributed by atoms with Gasteiger partial charge in [0.15, 0.2) is 0 Å². The molecule has 3 aromatic rings. The minimum atomic E-state index is -3.79. The van der Waals surface area contributed by atoms with Crippen molar-refractivity contribution in [2.24, 2.45) is 0 Å². The minimum Gasteiger partial charge on any atom is -0.280 e. The zero-order valence-electron chi connectivity index (χ0n) is 16.0. The third-order valence-electron chi connectivity index (χ3n) is 4.27. The lowest BCUT2D eigenvalue weighted by atomic mass is 9.87. The van der Waals surface area contributed by atoms with E-state index in [0.717, 1.165) is 10.2 Å². The van der Waals surface area contributed by atoms with Crippen LogP contribution in [0.2, 0.25) is 10.0 Å². The van der Waals surface area contributed by atoms with Gasteiger partial charge in [0, 0.05) is 5.69 Å². The Morgan fingerprint density at radius 1 is 0.966 bits per heavy atom. The summed E-state index contributed by atoms with van der Waals surface area (Å²) in [6, 6.07) is 12.9. The Bertz CT molecular complexity index is 1200. The maximum Gasteiger partial charge on any atom is 0.291 e. The third-order valence-corrected chi connectivity index (χ3v) is 6.42. The molecular weight excluding hydrogens is 433 g/mol. The molecule has 0 radical (unpaired) electrons. The highest BCUT2D eigenvalue weighted by atomic mass is 35.5. The van der Waals surface area contributed by atoms with Crippen molar-refractivity contribution in [3.8, 4) is 5.69 Å². The van der Waals surface area contributed by atoms with Crippen LogP contribution in [0.25, 0.3) is 5.69 Å². The SMILES string of the molecule is CC(C)(C)c1ccc(NS(=O)(=O)c2ccc(-n3ncc(Cl)c(Cl)c3=O)cc2)cc1. The Hall–Kier alpha value is -2.35. The van der Waals surface area contributed by atoms with E-state index in [9.17, 15) is 13.2 Å². The quantitative estimate of drug-likeness (QED) is 0.626. The molecule has 1 aromatic heterocycles. The first-order valence-electron chi connectivity index (χ1n) is 8.66. The van der Waals surface area contributed by atoms with Crippen LogP contribution in [0.1, 0.15) is 26.3 Å². The van der Waals surface area contributed by atoms with Gasteiger partial charge in [-0.3, -0.25) is 9.52 Å². The molecule has 9 heteroatoms. The number of hydrogen-bond donors (Lipinski definition) is 1. The van der Waals surface area contributed by atoms with E-state index < -0.39 is 15.6 Å². The van der Waals surface area contributed by atoms with Crippen molar-refractivity contribution in [2.75, 3.05) is 4.72 Å². The van der Waals surface area contributed by atoms with Gasteiger partial charge < -0.3 is 0 Å². The smallest absolute Gasteiger partial charge is 0.280 e. The summed E-state index contributed by atoms with van der Waals surface area (Å²) in [5, 5.41) is 3.82. The molecule has 0 fully saturated rings. The summed E-state index contributed by atoms with van der Waals surface area (Å²) >= 11 is 11.6. The van der Waals surface area contributed by atoms with Gasteiger partial charge in [0.1, 0.15) is 5.02 Å². The first kappa shape index (κ1) is 21.4. The van der Waals surface area contributed by atoms with Crippen molar-refractivity contribution in [1.82, 2.24) is 9.78 Å². The monoisotopic (exact) mass is 451 g/mol. The van der Waals surface area contributed by atoms with E-state index in [1.165, 1.54) is 30.5 Å². The van der Waals surface area contributed by atoms with Crippen LogP contribution < -0.4 is 10.3 Å². The van der Waals surface area contributed by atoms with Crippen molar-refractivity contribution in [3.05, 3.63) is 80.7 Å². The van der Waals surface area contributed by atoms with Gasteiger partial charge in [-0.1, -0.05) is 56.1 Å². The topological polar surface area (TPSA) is 81.1 Å². The molecule has 152 valence electrons. The maximum absolute atomic E-state index is 12.7. The number of anilines is 1. The van der Waals surface area contributed by atoms with Crippen LogP contribution in [0.4, 0.5) is 5.69 Å². The van der Waals surface area contributed by atoms with Gasteiger partial charge in [0.25, 0.3) is 15.6 Å². The molecule has 0 saturated heterocycles. The summed E-state index contributed by atoms with van der Waals surface area (Å²) in [4.78, 5) is 12.2. The molecule has 2 aromatic carbocycles. The second kappa shape index (κ2) is 7.82. The highest BCUT2D eigenvalue weighted by Gasteiger charge is 2.17. The Morgan fingerprint density at radius 2 is 1.55 bits per heavy atom. The van der Waals surface area contributed by atoms with Crippen molar-refractivity contribution < 1.29 is 8.42 Å². The molecule has 29 heavy (non-hydrogen) atoms. The van der Waals surface area contributed by atoms with E-state index in [1.807, 2.05) is 12.1 Å². The highest BCUT2D eigenvalue weighted by molar-refractivity contribution is 7.92. The summed E-state index contributed by atoms with van der Waals surface area (Å²) in [5.74, 6) is 0. The number of halogens is 2. The molecule has 0 spiro atoms. The number of nitrogens with zero attached hydrogens (tertiary/aromatic N) is 2. The normalized spacial score (nSPS) is 12.0. The van der Waals surface area contributed by atoms with Gasteiger partial charge in [0.05, 0.1) is 21.8 Å². The summed E-state index contributed by atoms with van der Waals surface area (Å²) in [7, 11) is -3.79. The van der Waals surface area contributed by atoms with Crippen LogP contribution in [0, 0.1) is 0 Å². The zero-order valence-corrected chi connectivity index (χ0v) is 18.3.